The minimum atomic E-state index is -1.04. The van der Waals surface area contributed by atoms with Crippen LogP contribution in [0.15, 0.2) is 41.2 Å². The molecule has 1 aromatic carbocycles. The van der Waals surface area contributed by atoms with E-state index in [1.165, 1.54) is 37.8 Å². The lowest BCUT2D eigenvalue weighted by Gasteiger charge is -2.14. The van der Waals surface area contributed by atoms with E-state index in [1.54, 1.807) is 13.0 Å². The lowest BCUT2D eigenvalue weighted by molar-refractivity contribution is -0.122. The molecule has 0 fully saturated rings. The van der Waals surface area contributed by atoms with Crippen LogP contribution in [0.2, 0.25) is 0 Å². The monoisotopic (exact) mass is 360 g/mol. The summed E-state index contributed by atoms with van der Waals surface area (Å²) in [6, 6.07) is 5.36. The highest BCUT2D eigenvalue weighted by molar-refractivity contribution is 5.97. The molecule has 1 unspecified atom stereocenters. The van der Waals surface area contributed by atoms with Gasteiger partial charge in [-0.25, -0.2) is 4.79 Å². The summed E-state index contributed by atoms with van der Waals surface area (Å²) in [7, 11) is 1.45. The summed E-state index contributed by atoms with van der Waals surface area (Å²) in [4.78, 5) is 34.9. The van der Waals surface area contributed by atoms with Gasteiger partial charge in [0.05, 0.1) is 24.5 Å². The standard InChI is InChI=1S/C18H20N2O6/c1-11(20-17(22)14-6-8-26-10-14)16(21)19-7-5-12-3-4-13(18(23)24)9-15(12)25-2/h3-4,6,8-11H,5,7H2,1-2H3,(H,19,21)(H,20,22)(H,23,24). The van der Waals surface area contributed by atoms with E-state index in [0.717, 1.165) is 5.56 Å². The van der Waals surface area contributed by atoms with Crippen molar-refractivity contribution in [3.63, 3.8) is 0 Å². The van der Waals surface area contributed by atoms with E-state index in [-0.39, 0.29) is 11.5 Å². The Morgan fingerprint density at radius 2 is 2.00 bits per heavy atom. The lowest BCUT2D eigenvalue weighted by Crippen LogP contribution is -2.45. The Labute approximate surface area is 150 Å². The number of hydrogen-bond donors (Lipinski definition) is 3. The van der Waals surface area contributed by atoms with E-state index in [2.05, 4.69) is 10.6 Å². The molecule has 8 heteroatoms. The SMILES string of the molecule is COc1cc(C(=O)O)ccc1CCNC(=O)C(C)NC(=O)c1ccoc1. The number of aromatic carboxylic acids is 1. The van der Waals surface area contributed by atoms with Crippen LogP contribution in [0.5, 0.6) is 5.75 Å². The number of rotatable bonds is 8. The second kappa shape index (κ2) is 8.70. The Hall–Kier alpha value is -3.29. The number of hydrogen-bond acceptors (Lipinski definition) is 5. The summed E-state index contributed by atoms with van der Waals surface area (Å²) in [6.45, 7) is 1.89. The van der Waals surface area contributed by atoms with Gasteiger partial charge in [0, 0.05) is 6.54 Å². The van der Waals surface area contributed by atoms with Gasteiger partial charge in [0.25, 0.3) is 5.91 Å². The molecule has 2 rings (SSSR count). The van der Waals surface area contributed by atoms with E-state index in [4.69, 9.17) is 14.3 Å². The van der Waals surface area contributed by atoms with Crippen molar-refractivity contribution in [2.75, 3.05) is 13.7 Å². The topological polar surface area (TPSA) is 118 Å². The van der Waals surface area contributed by atoms with Crippen LogP contribution in [0.1, 0.15) is 33.2 Å². The van der Waals surface area contributed by atoms with Crippen LogP contribution >= 0.6 is 0 Å². The summed E-state index contributed by atoms with van der Waals surface area (Å²) in [6.07, 6.45) is 3.13. The van der Waals surface area contributed by atoms with Gasteiger partial charge >= 0.3 is 5.97 Å². The largest absolute Gasteiger partial charge is 0.496 e. The average Bonchev–Trinajstić information content (AvgIpc) is 3.16. The summed E-state index contributed by atoms with van der Waals surface area (Å²) >= 11 is 0. The van der Waals surface area contributed by atoms with Gasteiger partial charge in [0.2, 0.25) is 5.91 Å². The third-order valence-corrected chi connectivity index (χ3v) is 3.75. The maximum atomic E-state index is 12.1. The predicted octanol–water partition coefficient (Wildman–Crippen LogP) is 1.46. The van der Waals surface area contributed by atoms with Crippen molar-refractivity contribution in [2.24, 2.45) is 0 Å². The number of ether oxygens (including phenoxy) is 1. The van der Waals surface area contributed by atoms with Crippen molar-refractivity contribution in [1.82, 2.24) is 10.6 Å². The smallest absolute Gasteiger partial charge is 0.335 e. The van der Waals surface area contributed by atoms with Crippen LogP contribution in [0.3, 0.4) is 0 Å². The van der Waals surface area contributed by atoms with E-state index in [9.17, 15) is 14.4 Å². The molecule has 2 aromatic rings. The molecule has 0 bridgehead atoms. The van der Waals surface area contributed by atoms with Crippen LogP contribution in [0.25, 0.3) is 0 Å². The van der Waals surface area contributed by atoms with E-state index in [0.29, 0.717) is 24.3 Å². The third kappa shape index (κ3) is 4.85. The van der Waals surface area contributed by atoms with Crippen LogP contribution in [0.4, 0.5) is 0 Å². The molecular weight excluding hydrogens is 340 g/mol. The number of nitrogens with one attached hydrogen (secondary N) is 2. The number of benzene rings is 1. The van der Waals surface area contributed by atoms with Crippen LogP contribution < -0.4 is 15.4 Å². The van der Waals surface area contributed by atoms with Gasteiger partial charge < -0.3 is 24.9 Å². The number of amides is 2. The molecule has 0 saturated carbocycles. The highest BCUT2D eigenvalue weighted by Crippen LogP contribution is 2.20. The van der Waals surface area contributed by atoms with Gasteiger partial charge in [0.1, 0.15) is 18.1 Å². The zero-order valence-electron chi connectivity index (χ0n) is 14.4. The second-order valence-electron chi connectivity index (χ2n) is 5.58. The first-order valence-corrected chi connectivity index (χ1v) is 7.93. The number of carbonyl (C=O) groups is 3. The molecule has 1 heterocycles. The zero-order chi connectivity index (χ0) is 19.1. The van der Waals surface area contributed by atoms with Gasteiger partial charge in [-0.1, -0.05) is 6.07 Å². The maximum absolute atomic E-state index is 12.1. The molecule has 0 saturated heterocycles. The number of methoxy groups -OCH3 is 1. The Morgan fingerprint density at radius 3 is 2.62 bits per heavy atom. The molecule has 1 aromatic heterocycles. The quantitative estimate of drug-likeness (QED) is 0.656. The molecule has 26 heavy (non-hydrogen) atoms. The second-order valence-corrected chi connectivity index (χ2v) is 5.58. The van der Waals surface area contributed by atoms with Crippen molar-refractivity contribution in [3.8, 4) is 5.75 Å². The van der Waals surface area contributed by atoms with Gasteiger partial charge in [-0.3, -0.25) is 9.59 Å². The first-order valence-electron chi connectivity index (χ1n) is 7.93. The first-order chi connectivity index (χ1) is 12.4. The van der Waals surface area contributed by atoms with Crippen molar-refractivity contribution in [3.05, 3.63) is 53.5 Å². The fourth-order valence-corrected chi connectivity index (χ4v) is 2.30. The van der Waals surface area contributed by atoms with Crippen molar-refractivity contribution in [1.29, 1.82) is 0 Å². The van der Waals surface area contributed by atoms with Gasteiger partial charge in [-0.05, 0) is 37.1 Å². The molecular formula is C18H20N2O6. The molecule has 0 spiro atoms. The average molecular weight is 360 g/mol. The summed E-state index contributed by atoms with van der Waals surface area (Å²) in [5.41, 5.74) is 1.24. The summed E-state index contributed by atoms with van der Waals surface area (Å²) in [5, 5.41) is 14.3. The summed E-state index contributed by atoms with van der Waals surface area (Å²) < 4.78 is 10.0. The number of carbonyl (C=O) groups excluding carboxylic acids is 2. The molecule has 0 aliphatic heterocycles. The molecule has 1 atom stereocenters. The number of carboxylic acids is 1. The molecule has 8 nitrogen and oxygen atoms in total. The highest BCUT2D eigenvalue weighted by atomic mass is 16.5. The Balaban J connectivity index is 1.86. The fraction of sp³-hybridized carbons (Fsp3) is 0.278. The highest BCUT2D eigenvalue weighted by Gasteiger charge is 2.17. The Morgan fingerprint density at radius 1 is 1.23 bits per heavy atom. The van der Waals surface area contributed by atoms with E-state index < -0.39 is 17.9 Å². The number of furan rings is 1. The van der Waals surface area contributed by atoms with Gasteiger partial charge in [-0.15, -0.1) is 0 Å². The summed E-state index contributed by atoms with van der Waals surface area (Å²) in [5.74, 6) is -1.32. The normalized spacial score (nSPS) is 11.5. The minimum absolute atomic E-state index is 0.130. The maximum Gasteiger partial charge on any atom is 0.335 e. The minimum Gasteiger partial charge on any atom is -0.496 e. The van der Waals surface area contributed by atoms with Crippen LogP contribution in [0, 0.1) is 0 Å². The lowest BCUT2D eigenvalue weighted by atomic mass is 10.1. The molecule has 3 N–H and O–H groups in total. The molecule has 0 aliphatic carbocycles. The van der Waals surface area contributed by atoms with Crippen molar-refractivity contribution in [2.45, 2.75) is 19.4 Å². The van der Waals surface area contributed by atoms with Crippen LogP contribution in [-0.4, -0.2) is 42.6 Å². The first kappa shape index (κ1) is 19.0. The van der Waals surface area contributed by atoms with E-state index in [1.807, 2.05) is 0 Å². The van der Waals surface area contributed by atoms with Crippen molar-refractivity contribution >= 4 is 17.8 Å². The van der Waals surface area contributed by atoms with Crippen LogP contribution in [-0.2, 0) is 11.2 Å². The molecule has 0 aliphatic rings. The Kier molecular flexibility index (Phi) is 6.37. The van der Waals surface area contributed by atoms with Crippen molar-refractivity contribution < 1.29 is 28.6 Å². The fourth-order valence-electron chi connectivity index (χ4n) is 2.30. The number of carboxylic acid groups (broad SMARTS) is 1. The Bertz CT molecular complexity index is 785. The predicted molar refractivity (Wildman–Crippen MR) is 92.3 cm³/mol. The third-order valence-electron chi connectivity index (χ3n) is 3.75. The molecule has 0 radical (unpaired) electrons. The van der Waals surface area contributed by atoms with Gasteiger partial charge in [0.15, 0.2) is 0 Å². The van der Waals surface area contributed by atoms with E-state index >= 15 is 0 Å². The zero-order valence-corrected chi connectivity index (χ0v) is 14.4. The molecule has 138 valence electrons. The molecule has 2 amide bonds. The van der Waals surface area contributed by atoms with Gasteiger partial charge in [-0.2, -0.15) is 0 Å².